The van der Waals surface area contributed by atoms with Crippen LogP contribution in [0.5, 0.6) is 0 Å². The van der Waals surface area contributed by atoms with Gasteiger partial charge in [-0.25, -0.2) is 13.4 Å². The molecule has 0 bridgehead atoms. The molecule has 92 valence electrons. The molecule has 0 N–H and O–H groups in total. The number of aromatic nitrogens is 1. The summed E-state index contributed by atoms with van der Waals surface area (Å²) in [5.41, 5.74) is 0.205. The SMILES string of the molecule is CCN(C(C)C)S(=O)(=O)c1ccc(C#N)nc1. The number of pyridine rings is 1. The summed E-state index contributed by atoms with van der Waals surface area (Å²) < 4.78 is 25.8. The maximum atomic E-state index is 12.2. The van der Waals surface area contributed by atoms with Crippen molar-refractivity contribution in [2.24, 2.45) is 0 Å². The average molecular weight is 253 g/mol. The summed E-state index contributed by atoms with van der Waals surface area (Å²) in [6.07, 6.45) is 1.22. The van der Waals surface area contributed by atoms with Crippen LogP contribution in [0.2, 0.25) is 0 Å². The predicted molar refractivity (Wildman–Crippen MR) is 63.7 cm³/mol. The summed E-state index contributed by atoms with van der Waals surface area (Å²) in [7, 11) is -3.51. The molecule has 1 heterocycles. The van der Waals surface area contributed by atoms with Crippen LogP contribution in [0.1, 0.15) is 26.5 Å². The van der Waals surface area contributed by atoms with E-state index < -0.39 is 10.0 Å². The smallest absolute Gasteiger partial charge is 0.244 e. The van der Waals surface area contributed by atoms with E-state index in [0.717, 1.165) is 0 Å². The summed E-state index contributed by atoms with van der Waals surface area (Å²) in [6.45, 7) is 5.82. The van der Waals surface area contributed by atoms with E-state index in [1.165, 1.54) is 22.6 Å². The fourth-order valence-electron chi connectivity index (χ4n) is 1.55. The molecule has 0 aliphatic heterocycles. The number of nitriles is 1. The van der Waals surface area contributed by atoms with Gasteiger partial charge in [0.1, 0.15) is 16.7 Å². The van der Waals surface area contributed by atoms with Crippen molar-refractivity contribution >= 4 is 10.0 Å². The molecule has 0 amide bonds. The number of hydrogen-bond donors (Lipinski definition) is 0. The Hall–Kier alpha value is -1.45. The Morgan fingerprint density at radius 3 is 2.47 bits per heavy atom. The third-order valence-corrected chi connectivity index (χ3v) is 4.48. The monoisotopic (exact) mass is 253 g/mol. The van der Waals surface area contributed by atoms with Gasteiger partial charge in [-0.05, 0) is 26.0 Å². The van der Waals surface area contributed by atoms with E-state index in [2.05, 4.69) is 4.98 Å². The van der Waals surface area contributed by atoms with Crippen molar-refractivity contribution in [3.05, 3.63) is 24.0 Å². The predicted octanol–water partition coefficient (Wildman–Crippen LogP) is 1.37. The zero-order chi connectivity index (χ0) is 13.1. The normalized spacial score (nSPS) is 11.8. The standard InChI is InChI=1S/C11H15N3O2S/c1-4-14(9(2)3)17(15,16)11-6-5-10(7-12)13-8-11/h5-6,8-9H,4H2,1-3H3. The van der Waals surface area contributed by atoms with Crippen LogP contribution in [0, 0.1) is 11.3 Å². The summed E-state index contributed by atoms with van der Waals surface area (Å²) in [4.78, 5) is 3.89. The van der Waals surface area contributed by atoms with Gasteiger partial charge in [0.2, 0.25) is 10.0 Å². The van der Waals surface area contributed by atoms with E-state index in [1.54, 1.807) is 6.92 Å². The lowest BCUT2D eigenvalue weighted by atomic mass is 10.4. The van der Waals surface area contributed by atoms with Crippen molar-refractivity contribution in [1.29, 1.82) is 5.26 Å². The van der Waals surface area contributed by atoms with Gasteiger partial charge in [0.15, 0.2) is 0 Å². The van der Waals surface area contributed by atoms with Crippen molar-refractivity contribution in [2.45, 2.75) is 31.7 Å². The lowest BCUT2D eigenvalue weighted by molar-refractivity contribution is 0.369. The molecular formula is C11H15N3O2S. The van der Waals surface area contributed by atoms with Crippen LogP contribution in [-0.4, -0.2) is 30.3 Å². The molecule has 5 nitrogen and oxygen atoms in total. The fraction of sp³-hybridized carbons (Fsp3) is 0.455. The third kappa shape index (κ3) is 2.81. The molecule has 1 rings (SSSR count). The van der Waals surface area contributed by atoms with Crippen LogP contribution in [-0.2, 0) is 10.0 Å². The van der Waals surface area contributed by atoms with Gasteiger partial charge in [0, 0.05) is 18.8 Å². The molecule has 0 aliphatic carbocycles. The van der Waals surface area contributed by atoms with Gasteiger partial charge < -0.3 is 0 Å². The second-order valence-corrected chi connectivity index (χ2v) is 5.68. The van der Waals surface area contributed by atoms with Gasteiger partial charge in [-0.15, -0.1) is 0 Å². The zero-order valence-corrected chi connectivity index (χ0v) is 10.9. The van der Waals surface area contributed by atoms with Gasteiger partial charge in [-0.2, -0.15) is 9.57 Å². The molecule has 0 radical (unpaired) electrons. The molecule has 17 heavy (non-hydrogen) atoms. The summed E-state index contributed by atoms with van der Waals surface area (Å²) in [5, 5.41) is 8.60. The topological polar surface area (TPSA) is 74.1 Å². The van der Waals surface area contributed by atoms with E-state index in [-0.39, 0.29) is 16.6 Å². The molecule has 0 aliphatic rings. The summed E-state index contributed by atoms with van der Waals surface area (Å²) >= 11 is 0. The summed E-state index contributed by atoms with van der Waals surface area (Å²) in [5.74, 6) is 0. The molecule has 0 unspecified atom stereocenters. The van der Waals surface area contributed by atoms with Crippen LogP contribution in [0.4, 0.5) is 0 Å². The molecule has 0 fully saturated rings. The molecule has 0 aromatic carbocycles. The Morgan fingerprint density at radius 2 is 2.12 bits per heavy atom. The largest absolute Gasteiger partial charge is 0.244 e. The van der Waals surface area contributed by atoms with Gasteiger partial charge in [-0.1, -0.05) is 6.92 Å². The van der Waals surface area contributed by atoms with Crippen LogP contribution >= 0.6 is 0 Å². The Labute approximate surface area is 102 Å². The molecule has 1 aromatic heterocycles. The first-order valence-electron chi connectivity index (χ1n) is 5.31. The Morgan fingerprint density at radius 1 is 1.47 bits per heavy atom. The minimum absolute atomic E-state index is 0.111. The Bertz CT molecular complexity index is 515. The number of rotatable bonds is 4. The van der Waals surface area contributed by atoms with Gasteiger partial charge in [0.25, 0.3) is 0 Å². The minimum atomic E-state index is -3.51. The average Bonchev–Trinajstić information content (AvgIpc) is 2.29. The maximum Gasteiger partial charge on any atom is 0.244 e. The van der Waals surface area contributed by atoms with Crippen molar-refractivity contribution in [3.63, 3.8) is 0 Å². The third-order valence-electron chi connectivity index (χ3n) is 2.35. The molecule has 0 saturated heterocycles. The molecule has 6 heteroatoms. The van der Waals surface area contributed by atoms with Crippen LogP contribution in [0.3, 0.4) is 0 Å². The maximum absolute atomic E-state index is 12.2. The molecule has 0 spiro atoms. The first-order chi connectivity index (χ1) is 7.93. The first-order valence-corrected chi connectivity index (χ1v) is 6.75. The highest BCUT2D eigenvalue weighted by atomic mass is 32.2. The Kier molecular flexibility index (Phi) is 4.21. The van der Waals surface area contributed by atoms with Gasteiger partial charge in [-0.3, -0.25) is 0 Å². The van der Waals surface area contributed by atoms with Gasteiger partial charge >= 0.3 is 0 Å². The molecule has 0 saturated carbocycles. The minimum Gasteiger partial charge on any atom is -0.244 e. The van der Waals surface area contributed by atoms with E-state index in [1.807, 2.05) is 19.9 Å². The molecular weight excluding hydrogens is 238 g/mol. The highest BCUT2D eigenvalue weighted by Gasteiger charge is 2.25. The van der Waals surface area contributed by atoms with E-state index in [4.69, 9.17) is 5.26 Å². The van der Waals surface area contributed by atoms with Crippen molar-refractivity contribution in [1.82, 2.24) is 9.29 Å². The molecule has 0 atom stereocenters. The highest BCUT2D eigenvalue weighted by Crippen LogP contribution is 2.17. The van der Waals surface area contributed by atoms with E-state index >= 15 is 0 Å². The van der Waals surface area contributed by atoms with Crippen molar-refractivity contribution < 1.29 is 8.42 Å². The van der Waals surface area contributed by atoms with Crippen molar-refractivity contribution in [3.8, 4) is 6.07 Å². The number of hydrogen-bond acceptors (Lipinski definition) is 4. The fourth-order valence-corrected chi connectivity index (χ4v) is 3.14. The van der Waals surface area contributed by atoms with E-state index in [0.29, 0.717) is 6.54 Å². The van der Waals surface area contributed by atoms with Crippen LogP contribution < -0.4 is 0 Å². The van der Waals surface area contributed by atoms with Gasteiger partial charge in [0.05, 0.1) is 0 Å². The first kappa shape index (κ1) is 13.6. The summed E-state index contributed by atoms with van der Waals surface area (Å²) in [6, 6.07) is 4.55. The lowest BCUT2D eigenvalue weighted by Crippen LogP contribution is -2.36. The quantitative estimate of drug-likeness (QED) is 0.812. The van der Waals surface area contributed by atoms with Crippen molar-refractivity contribution in [2.75, 3.05) is 6.54 Å². The van der Waals surface area contributed by atoms with Crippen LogP contribution in [0.25, 0.3) is 0 Å². The molecule has 1 aromatic rings. The number of nitrogens with zero attached hydrogens (tertiary/aromatic N) is 3. The van der Waals surface area contributed by atoms with Crippen LogP contribution in [0.15, 0.2) is 23.2 Å². The highest BCUT2D eigenvalue weighted by molar-refractivity contribution is 7.89. The second-order valence-electron chi connectivity index (χ2n) is 3.79. The zero-order valence-electron chi connectivity index (χ0n) is 10.1. The number of sulfonamides is 1. The van der Waals surface area contributed by atoms with E-state index in [9.17, 15) is 8.42 Å². The lowest BCUT2D eigenvalue weighted by Gasteiger charge is -2.24. The second kappa shape index (κ2) is 5.25. The Balaban J connectivity index is 3.17.